The molecule has 0 amide bonds. The summed E-state index contributed by atoms with van der Waals surface area (Å²) >= 11 is 1.80. The average Bonchev–Trinajstić information content (AvgIpc) is 2.60. The first-order chi connectivity index (χ1) is 6.61. The molecule has 0 spiro atoms. The minimum Gasteiger partial charge on any atom is -0.390 e. The lowest BCUT2D eigenvalue weighted by molar-refractivity contribution is 0.124. The molecule has 2 rings (SSSR count). The van der Waals surface area contributed by atoms with E-state index in [-0.39, 0.29) is 12.0 Å². The summed E-state index contributed by atoms with van der Waals surface area (Å²) < 4.78 is 5.29. The van der Waals surface area contributed by atoms with Gasteiger partial charge in [-0.3, -0.25) is 0 Å². The predicted octanol–water partition coefficient (Wildman–Crippen LogP) is 1.34. The van der Waals surface area contributed by atoms with Crippen molar-refractivity contribution in [3.63, 3.8) is 0 Å². The van der Waals surface area contributed by atoms with Gasteiger partial charge in [0.05, 0.1) is 19.3 Å². The van der Waals surface area contributed by atoms with Gasteiger partial charge in [0.2, 0.25) is 0 Å². The summed E-state index contributed by atoms with van der Waals surface area (Å²) in [5.41, 5.74) is 1.28. The molecule has 0 bridgehead atoms. The molecular weight excluding hydrogens is 215 g/mol. The number of hydrogen-bond donors (Lipinski definition) is 1. The Morgan fingerprint density at radius 1 is 1.36 bits per heavy atom. The molecule has 0 aromatic carbocycles. The zero-order valence-corrected chi connectivity index (χ0v) is 10.4. The lowest BCUT2D eigenvalue weighted by atomic mass is 9.96. The maximum Gasteiger partial charge on any atom is 0.0864 e. The Morgan fingerprint density at radius 2 is 2.07 bits per heavy atom. The van der Waals surface area contributed by atoms with Gasteiger partial charge in [-0.05, 0) is 24.7 Å². The molecule has 1 saturated heterocycles. The van der Waals surface area contributed by atoms with Crippen LogP contribution in [0.4, 0.5) is 0 Å². The highest BCUT2D eigenvalue weighted by Gasteiger charge is 2.31. The molecule has 1 aromatic heterocycles. The number of aryl methyl sites for hydroxylation is 2. The number of aliphatic hydroxyl groups excluding tert-OH is 1. The van der Waals surface area contributed by atoms with Crippen molar-refractivity contribution in [2.45, 2.75) is 25.9 Å². The highest BCUT2D eigenvalue weighted by molar-refractivity contribution is 7.30. The minimum atomic E-state index is -0.331. The van der Waals surface area contributed by atoms with E-state index in [1.807, 2.05) is 0 Å². The standard InChI is InChI=1S/C10H15O2PS/c1-5-9(10(13)6(2)14-5)7-3-12-4-8(7)11/h7-8,11H,3-4,13H2,1-2H3/t7-,8-/m0/s1. The molecular formula is C10H15O2PS. The van der Waals surface area contributed by atoms with E-state index >= 15 is 0 Å². The molecule has 1 unspecified atom stereocenters. The van der Waals surface area contributed by atoms with Gasteiger partial charge in [-0.2, -0.15) is 0 Å². The van der Waals surface area contributed by atoms with Crippen molar-refractivity contribution >= 4 is 25.9 Å². The summed E-state index contributed by atoms with van der Waals surface area (Å²) in [4.78, 5) is 2.63. The van der Waals surface area contributed by atoms with Gasteiger partial charge in [-0.25, -0.2) is 0 Å². The lowest BCUT2D eigenvalue weighted by Crippen LogP contribution is -2.19. The number of aliphatic hydroxyl groups is 1. The van der Waals surface area contributed by atoms with E-state index in [0.29, 0.717) is 13.2 Å². The second kappa shape index (κ2) is 3.90. The van der Waals surface area contributed by atoms with Gasteiger partial charge in [-0.1, -0.05) is 0 Å². The average molecular weight is 230 g/mol. The van der Waals surface area contributed by atoms with E-state index in [2.05, 4.69) is 23.1 Å². The minimum absolute atomic E-state index is 0.174. The van der Waals surface area contributed by atoms with Crippen LogP contribution in [0.2, 0.25) is 0 Å². The number of hydrogen-bond acceptors (Lipinski definition) is 3. The van der Waals surface area contributed by atoms with Gasteiger partial charge in [-0.15, -0.1) is 20.6 Å². The molecule has 2 nitrogen and oxygen atoms in total. The molecule has 14 heavy (non-hydrogen) atoms. The molecule has 1 aliphatic rings. The van der Waals surface area contributed by atoms with Crippen LogP contribution in [-0.2, 0) is 4.74 Å². The molecule has 4 heteroatoms. The van der Waals surface area contributed by atoms with E-state index in [1.54, 1.807) is 11.3 Å². The second-order valence-corrected chi connectivity index (χ2v) is 5.76. The van der Waals surface area contributed by atoms with Crippen molar-refractivity contribution in [3.8, 4) is 0 Å². The zero-order valence-electron chi connectivity index (χ0n) is 8.41. The van der Waals surface area contributed by atoms with Crippen molar-refractivity contribution in [2.75, 3.05) is 13.2 Å². The number of ether oxygens (including phenoxy) is 1. The van der Waals surface area contributed by atoms with Crippen LogP contribution < -0.4 is 5.30 Å². The van der Waals surface area contributed by atoms with Crippen molar-refractivity contribution in [1.82, 2.24) is 0 Å². The molecule has 1 fully saturated rings. The maximum atomic E-state index is 9.77. The van der Waals surface area contributed by atoms with Crippen LogP contribution in [0.25, 0.3) is 0 Å². The predicted molar refractivity (Wildman–Crippen MR) is 62.7 cm³/mol. The SMILES string of the molecule is Cc1sc(C)c([C@H]2COC[C@@H]2O)c1P. The van der Waals surface area contributed by atoms with Crippen molar-refractivity contribution < 1.29 is 9.84 Å². The Bertz CT molecular complexity index is 348. The van der Waals surface area contributed by atoms with Crippen molar-refractivity contribution in [2.24, 2.45) is 0 Å². The Kier molecular flexibility index (Phi) is 2.94. The molecule has 0 aliphatic carbocycles. The summed E-state index contributed by atoms with van der Waals surface area (Å²) in [6, 6.07) is 0. The molecule has 78 valence electrons. The Morgan fingerprint density at radius 3 is 2.50 bits per heavy atom. The summed E-state index contributed by atoms with van der Waals surface area (Å²) in [7, 11) is 2.78. The van der Waals surface area contributed by atoms with E-state index < -0.39 is 0 Å². The summed E-state index contributed by atoms with van der Waals surface area (Å²) in [6.07, 6.45) is -0.331. The highest BCUT2D eigenvalue weighted by atomic mass is 32.1. The highest BCUT2D eigenvalue weighted by Crippen LogP contribution is 2.32. The van der Waals surface area contributed by atoms with Gasteiger partial charge < -0.3 is 9.84 Å². The van der Waals surface area contributed by atoms with Crippen molar-refractivity contribution in [3.05, 3.63) is 15.3 Å². The fourth-order valence-corrected chi connectivity index (χ4v) is 3.76. The Balaban J connectivity index is 2.39. The Hall–Kier alpha value is 0.0500. The first-order valence-electron chi connectivity index (χ1n) is 4.72. The van der Waals surface area contributed by atoms with Crippen LogP contribution in [0.1, 0.15) is 21.2 Å². The molecule has 2 heterocycles. The molecule has 1 N–H and O–H groups in total. The van der Waals surface area contributed by atoms with Crippen LogP contribution in [0.15, 0.2) is 0 Å². The van der Waals surface area contributed by atoms with E-state index in [4.69, 9.17) is 4.74 Å². The van der Waals surface area contributed by atoms with Gasteiger partial charge in [0, 0.05) is 15.7 Å². The zero-order chi connectivity index (χ0) is 10.3. The fraction of sp³-hybridized carbons (Fsp3) is 0.600. The van der Waals surface area contributed by atoms with Crippen LogP contribution in [0.3, 0.4) is 0 Å². The monoisotopic (exact) mass is 230 g/mol. The van der Waals surface area contributed by atoms with Crippen LogP contribution in [-0.4, -0.2) is 24.4 Å². The smallest absolute Gasteiger partial charge is 0.0864 e. The first-order valence-corrected chi connectivity index (χ1v) is 6.11. The summed E-state index contributed by atoms with van der Waals surface area (Å²) in [5, 5.41) is 11.0. The van der Waals surface area contributed by atoms with Crippen LogP contribution >= 0.6 is 20.6 Å². The third kappa shape index (κ3) is 1.63. The Labute approximate surface area is 90.5 Å². The van der Waals surface area contributed by atoms with Crippen LogP contribution in [0, 0.1) is 13.8 Å². The van der Waals surface area contributed by atoms with Crippen molar-refractivity contribution in [1.29, 1.82) is 0 Å². The normalized spacial score (nSPS) is 27.1. The lowest BCUT2D eigenvalue weighted by Gasteiger charge is -2.13. The summed E-state index contributed by atoms with van der Waals surface area (Å²) in [5.74, 6) is 0.174. The van der Waals surface area contributed by atoms with E-state index in [9.17, 15) is 5.11 Å². The van der Waals surface area contributed by atoms with Gasteiger partial charge in [0.1, 0.15) is 0 Å². The quantitative estimate of drug-likeness (QED) is 0.738. The van der Waals surface area contributed by atoms with E-state index in [1.165, 1.54) is 20.6 Å². The first kappa shape index (κ1) is 10.6. The molecule has 0 radical (unpaired) electrons. The maximum absolute atomic E-state index is 9.77. The van der Waals surface area contributed by atoms with E-state index in [0.717, 1.165) is 0 Å². The molecule has 0 saturated carbocycles. The number of rotatable bonds is 1. The molecule has 3 atom stereocenters. The van der Waals surface area contributed by atoms with Gasteiger partial charge in [0.15, 0.2) is 0 Å². The van der Waals surface area contributed by atoms with Gasteiger partial charge in [0.25, 0.3) is 0 Å². The second-order valence-electron chi connectivity index (χ2n) is 3.75. The van der Waals surface area contributed by atoms with Gasteiger partial charge >= 0.3 is 0 Å². The topological polar surface area (TPSA) is 29.5 Å². The molecule has 1 aromatic rings. The third-order valence-electron chi connectivity index (χ3n) is 2.78. The number of thiophene rings is 1. The summed E-state index contributed by atoms with van der Waals surface area (Å²) in [6.45, 7) is 5.36. The third-order valence-corrected chi connectivity index (χ3v) is 4.78. The fourth-order valence-electron chi connectivity index (χ4n) is 2.00. The largest absolute Gasteiger partial charge is 0.390 e. The molecule has 1 aliphatic heterocycles. The van der Waals surface area contributed by atoms with Crippen LogP contribution in [0.5, 0.6) is 0 Å².